The molecule has 158 valence electrons. The zero-order valence-electron chi connectivity index (χ0n) is 17.3. The average molecular weight is 401 g/mol. The Bertz CT molecular complexity index is 736. The van der Waals surface area contributed by atoms with E-state index in [1.165, 1.54) is 11.1 Å². The third kappa shape index (κ3) is 6.18. The third-order valence-electron chi connectivity index (χ3n) is 5.39. The average Bonchev–Trinajstić information content (AvgIpc) is 3.10. The van der Waals surface area contributed by atoms with Gasteiger partial charge >= 0.3 is 0 Å². The molecule has 0 unspecified atom stereocenters. The molecule has 6 nitrogen and oxygen atoms in total. The monoisotopic (exact) mass is 400 g/mol. The van der Waals surface area contributed by atoms with Crippen LogP contribution in [0.2, 0.25) is 0 Å². The van der Waals surface area contributed by atoms with Crippen molar-refractivity contribution in [3.05, 3.63) is 59.7 Å². The van der Waals surface area contributed by atoms with E-state index in [0.717, 1.165) is 31.1 Å². The van der Waals surface area contributed by atoms with E-state index >= 15 is 0 Å². The van der Waals surface area contributed by atoms with Crippen molar-refractivity contribution in [2.24, 2.45) is 0 Å². The van der Waals surface area contributed by atoms with Gasteiger partial charge in [0, 0.05) is 45.2 Å². The number of rotatable bonds is 10. The number of aliphatic hydroxyl groups excluding tert-OH is 2. The molecule has 2 N–H and O–H groups in total. The lowest BCUT2D eigenvalue weighted by Gasteiger charge is -2.26. The van der Waals surface area contributed by atoms with Crippen LogP contribution in [0, 0.1) is 0 Å². The standard InChI is InChI=1S/C23H32N2O4/c1-24(14-18-4-8-20(28-2)9-5-18)22-16-25(17-23(22)27)15-19-6-10-21(11-7-19)29-13-3-12-26/h4-11,22-23,26-27H,3,12-17H2,1-2H3/t22-,23-/m1/s1. The predicted octanol–water partition coefficient (Wildman–Crippen LogP) is 2.13. The molecule has 0 aromatic heterocycles. The first-order chi connectivity index (χ1) is 14.1. The molecule has 0 bridgehead atoms. The van der Waals surface area contributed by atoms with Crippen molar-refractivity contribution in [3.8, 4) is 11.5 Å². The number of methoxy groups -OCH3 is 1. The van der Waals surface area contributed by atoms with Gasteiger partial charge in [0.2, 0.25) is 0 Å². The van der Waals surface area contributed by atoms with Gasteiger partial charge in [-0.15, -0.1) is 0 Å². The fourth-order valence-corrected chi connectivity index (χ4v) is 3.75. The van der Waals surface area contributed by atoms with Gasteiger partial charge in [-0.2, -0.15) is 0 Å². The fraction of sp³-hybridized carbons (Fsp3) is 0.478. The van der Waals surface area contributed by atoms with Gasteiger partial charge in [0.1, 0.15) is 11.5 Å². The molecule has 1 fully saturated rings. The minimum atomic E-state index is -0.362. The van der Waals surface area contributed by atoms with Gasteiger partial charge in [0.05, 0.1) is 19.8 Å². The molecule has 6 heteroatoms. The van der Waals surface area contributed by atoms with Gasteiger partial charge in [0.25, 0.3) is 0 Å². The molecule has 0 spiro atoms. The van der Waals surface area contributed by atoms with E-state index in [2.05, 4.69) is 41.1 Å². The maximum Gasteiger partial charge on any atom is 0.119 e. The molecule has 1 saturated heterocycles. The van der Waals surface area contributed by atoms with Crippen LogP contribution in [0.3, 0.4) is 0 Å². The molecular weight excluding hydrogens is 368 g/mol. The summed E-state index contributed by atoms with van der Waals surface area (Å²) in [4.78, 5) is 4.52. The van der Waals surface area contributed by atoms with Crippen LogP contribution in [0.15, 0.2) is 48.5 Å². The highest BCUT2D eigenvalue weighted by Gasteiger charge is 2.33. The maximum atomic E-state index is 10.6. The molecule has 2 aromatic carbocycles. The smallest absolute Gasteiger partial charge is 0.119 e. The number of likely N-dealkylation sites (tertiary alicyclic amines) is 1. The largest absolute Gasteiger partial charge is 0.497 e. The molecule has 2 aromatic rings. The molecule has 29 heavy (non-hydrogen) atoms. The van der Waals surface area contributed by atoms with Gasteiger partial charge in [-0.25, -0.2) is 0 Å². The Morgan fingerprint density at radius 3 is 2.31 bits per heavy atom. The number of ether oxygens (including phenoxy) is 2. The van der Waals surface area contributed by atoms with Crippen LogP contribution in [0.1, 0.15) is 17.5 Å². The number of β-amino-alcohol motifs (C(OH)–C–C–N with tert-alkyl or cyclic N) is 1. The number of aliphatic hydroxyl groups is 2. The maximum absolute atomic E-state index is 10.6. The summed E-state index contributed by atoms with van der Waals surface area (Å²) in [5, 5.41) is 19.4. The lowest BCUT2D eigenvalue weighted by Crippen LogP contribution is -2.40. The number of hydrogen-bond acceptors (Lipinski definition) is 6. The molecule has 1 heterocycles. The Morgan fingerprint density at radius 1 is 1.00 bits per heavy atom. The lowest BCUT2D eigenvalue weighted by molar-refractivity contribution is 0.0949. The van der Waals surface area contributed by atoms with E-state index in [-0.39, 0.29) is 18.8 Å². The van der Waals surface area contributed by atoms with Crippen molar-refractivity contribution in [2.45, 2.75) is 31.7 Å². The summed E-state index contributed by atoms with van der Waals surface area (Å²) >= 11 is 0. The van der Waals surface area contributed by atoms with Gasteiger partial charge in [-0.3, -0.25) is 9.80 Å². The molecular formula is C23H32N2O4. The van der Waals surface area contributed by atoms with Gasteiger partial charge < -0.3 is 19.7 Å². The molecule has 1 aliphatic heterocycles. The molecule has 0 saturated carbocycles. The minimum Gasteiger partial charge on any atom is -0.497 e. The third-order valence-corrected chi connectivity index (χ3v) is 5.39. The van der Waals surface area contributed by atoms with Crippen LogP contribution < -0.4 is 9.47 Å². The summed E-state index contributed by atoms with van der Waals surface area (Å²) < 4.78 is 10.8. The number of likely N-dealkylation sites (N-methyl/N-ethyl adjacent to an activating group) is 1. The van der Waals surface area contributed by atoms with Crippen LogP contribution >= 0.6 is 0 Å². The molecule has 0 radical (unpaired) electrons. The summed E-state index contributed by atoms with van der Waals surface area (Å²) in [6, 6.07) is 16.2. The minimum absolute atomic E-state index is 0.109. The highest BCUT2D eigenvalue weighted by Crippen LogP contribution is 2.21. The Labute approximate surface area is 173 Å². The second-order valence-corrected chi connectivity index (χ2v) is 7.66. The van der Waals surface area contributed by atoms with E-state index in [9.17, 15) is 5.11 Å². The first-order valence-corrected chi connectivity index (χ1v) is 10.1. The Hall–Kier alpha value is -2.12. The van der Waals surface area contributed by atoms with Crippen molar-refractivity contribution < 1.29 is 19.7 Å². The van der Waals surface area contributed by atoms with Gasteiger partial charge in [0.15, 0.2) is 0 Å². The quantitative estimate of drug-likeness (QED) is 0.596. The molecule has 1 aliphatic rings. The van der Waals surface area contributed by atoms with Gasteiger partial charge in [-0.1, -0.05) is 24.3 Å². The summed E-state index contributed by atoms with van der Waals surface area (Å²) in [5.41, 5.74) is 2.40. The van der Waals surface area contributed by atoms with E-state index in [1.807, 2.05) is 24.3 Å². The first kappa shape index (κ1) is 21.6. The SMILES string of the molecule is COc1ccc(CN(C)[C@@H]2CN(Cc3ccc(OCCCO)cc3)C[C@H]2O)cc1. The molecule has 2 atom stereocenters. The van der Waals surface area contributed by atoms with E-state index in [1.54, 1.807) is 7.11 Å². The second kappa shape index (κ2) is 10.6. The van der Waals surface area contributed by atoms with Crippen molar-refractivity contribution in [3.63, 3.8) is 0 Å². The lowest BCUT2D eigenvalue weighted by atomic mass is 10.1. The highest BCUT2D eigenvalue weighted by atomic mass is 16.5. The number of nitrogens with zero attached hydrogens (tertiary/aromatic N) is 2. The Morgan fingerprint density at radius 2 is 1.66 bits per heavy atom. The first-order valence-electron chi connectivity index (χ1n) is 10.1. The molecule has 0 aliphatic carbocycles. The predicted molar refractivity (Wildman–Crippen MR) is 113 cm³/mol. The number of benzene rings is 2. The van der Waals surface area contributed by atoms with E-state index < -0.39 is 0 Å². The summed E-state index contributed by atoms with van der Waals surface area (Å²) in [5.74, 6) is 1.68. The van der Waals surface area contributed by atoms with Crippen LogP contribution in [0.25, 0.3) is 0 Å². The van der Waals surface area contributed by atoms with Crippen LogP contribution in [-0.2, 0) is 13.1 Å². The van der Waals surface area contributed by atoms with Crippen LogP contribution in [0.5, 0.6) is 11.5 Å². The summed E-state index contributed by atoms with van der Waals surface area (Å²) in [6.45, 7) is 3.77. The van der Waals surface area contributed by atoms with Crippen molar-refractivity contribution >= 4 is 0 Å². The highest BCUT2D eigenvalue weighted by molar-refractivity contribution is 5.28. The topological polar surface area (TPSA) is 65.4 Å². The Kier molecular flexibility index (Phi) is 7.89. The second-order valence-electron chi connectivity index (χ2n) is 7.66. The molecule has 3 rings (SSSR count). The normalized spacial score (nSPS) is 19.6. The molecule has 0 amide bonds. The fourth-order valence-electron chi connectivity index (χ4n) is 3.75. The van der Waals surface area contributed by atoms with E-state index in [4.69, 9.17) is 14.6 Å². The summed E-state index contributed by atoms with van der Waals surface area (Å²) in [7, 11) is 3.74. The number of hydrogen-bond donors (Lipinski definition) is 2. The zero-order valence-corrected chi connectivity index (χ0v) is 17.3. The zero-order chi connectivity index (χ0) is 20.6. The van der Waals surface area contributed by atoms with Crippen molar-refractivity contribution in [1.29, 1.82) is 0 Å². The van der Waals surface area contributed by atoms with E-state index in [0.29, 0.717) is 19.6 Å². The van der Waals surface area contributed by atoms with Crippen molar-refractivity contribution in [1.82, 2.24) is 9.80 Å². The Balaban J connectivity index is 1.50. The van der Waals surface area contributed by atoms with Crippen molar-refractivity contribution in [2.75, 3.05) is 40.5 Å². The van der Waals surface area contributed by atoms with Gasteiger partial charge in [-0.05, 0) is 42.4 Å². The summed E-state index contributed by atoms with van der Waals surface area (Å²) in [6.07, 6.45) is 0.276. The van der Waals surface area contributed by atoms with Crippen LogP contribution in [0.4, 0.5) is 0 Å². The van der Waals surface area contributed by atoms with Crippen LogP contribution in [-0.4, -0.2) is 72.6 Å².